The zero-order valence-corrected chi connectivity index (χ0v) is 14.2. The Balaban J connectivity index is 1.51. The number of aryl methyl sites for hydroxylation is 1. The summed E-state index contributed by atoms with van der Waals surface area (Å²) in [5, 5.41) is 19.2. The minimum absolute atomic E-state index is 0.0328. The maximum atomic E-state index is 12.3. The number of amides is 1. The molecule has 8 nitrogen and oxygen atoms in total. The number of β-amino-alcohol motifs (C(OH)–C–C–N with tert-alkyl or cyclic N) is 1. The van der Waals surface area contributed by atoms with Crippen molar-refractivity contribution >= 4 is 11.9 Å². The van der Waals surface area contributed by atoms with Crippen LogP contribution in [0.3, 0.4) is 0 Å². The summed E-state index contributed by atoms with van der Waals surface area (Å²) in [5.74, 6) is -0.713. The van der Waals surface area contributed by atoms with E-state index in [1.807, 2.05) is 10.8 Å². The lowest BCUT2D eigenvalue weighted by atomic mass is 10.2. The number of nitrogens with zero attached hydrogens (tertiary/aromatic N) is 3. The van der Waals surface area contributed by atoms with Gasteiger partial charge in [0, 0.05) is 25.4 Å². The summed E-state index contributed by atoms with van der Waals surface area (Å²) < 4.78 is 7.61. The first-order chi connectivity index (χ1) is 12.5. The van der Waals surface area contributed by atoms with E-state index in [1.54, 1.807) is 29.6 Å². The van der Waals surface area contributed by atoms with Crippen LogP contribution in [0.15, 0.2) is 43.0 Å². The number of aliphatic hydroxyl groups excluding tert-OH is 1. The van der Waals surface area contributed by atoms with Gasteiger partial charge in [-0.1, -0.05) is 6.07 Å². The molecule has 2 aromatic rings. The number of imidazole rings is 1. The third-order valence-electron chi connectivity index (χ3n) is 4.32. The van der Waals surface area contributed by atoms with E-state index in [1.165, 1.54) is 12.1 Å². The number of ether oxygens (including phenoxy) is 1. The summed E-state index contributed by atoms with van der Waals surface area (Å²) in [6, 6.07) is 6.09. The van der Waals surface area contributed by atoms with Gasteiger partial charge < -0.3 is 24.4 Å². The van der Waals surface area contributed by atoms with Gasteiger partial charge in [0.15, 0.2) is 0 Å². The number of carbonyl (C=O) groups is 2. The second kappa shape index (κ2) is 8.01. The van der Waals surface area contributed by atoms with Crippen LogP contribution in [0.5, 0.6) is 5.75 Å². The molecular weight excluding hydrogens is 338 g/mol. The van der Waals surface area contributed by atoms with E-state index in [0.717, 1.165) is 0 Å². The first kappa shape index (κ1) is 17.9. The van der Waals surface area contributed by atoms with Gasteiger partial charge in [0.05, 0.1) is 25.0 Å². The predicted molar refractivity (Wildman–Crippen MR) is 91.9 cm³/mol. The fraction of sp³-hybridized carbons (Fsp3) is 0.389. The average Bonchev–Trinajstić information content (AvgIpc) is 3.25. The van der Waals surface area contributed by atoms with Gasteiger partial charge in [-0.2, -0.15) is 0 Å². The predicted octanol–water partition coefficient (Wildman–Crippen LogP) is 1.01. The van der Waals surface area contributed by atoms with Gasteiger partial charge in [-0.25, -0.2) is 9.78 Å². The number of aromatic nitrogens is 2. The van der Waals surface area contributed by atoms with Crippen LogP contribution in [-0.2, 0) is 11.3 Å². The molecule has 0 saturated carbocycles. The minimum Gasteiger partial charge on any atom is -0.486 e. The summed E-state index contributed by atoms with van der Waals surface area (Å²) in [7, 11) is 0. The van der Waals surface area contributed by atoms with E-state index in [-0.39, 0.29) is 24.6 Å². The Morgan fingerprint density at radius 2 is 2.15 bits per heavy atom. The number of rotatable bonds is 7. The summed E-state index contributed by atoms with van der Waals surface area (Å²) in [5.41, 5.74) is 0.113. The fourth-order valence-corrected chi connectivity index (χ4v) is 2.94. The fourth-order valence-electron chi connectivity index (χ4n) is 2.94. The number of aliphatic hydroxyl groups is 1. The van der Waals surface area contributed by atoms with Crippen molar-refractivity contribution < 1.29 is 24.5 Å². The highest BCUT2D eigenvalue weighted by Crippen LogP contribution is 2.21. The van der Waals surface area contributed by atoms with Crippen molar-refractivity contribution in [3.63, 3.8) is 0 Å². The standard InChI is InChI=1S/C18H21N3O5/c22-15-10-21(17(23)5-2-7-20-8-6-19-12-20)11-16(15)26-14-4-1-3-13(9-14)18(24)25/h1,3-4,6,8-9,12,15-16,22H,2,5,7,10-11H2,(H,24,25)/t15-,16-/m1/s1. The van der Waals surface area contributed by atoms with Gasteiger partial charge in [-0.3, -0.25) is 4.79 Å². The summed E-state index contributed by atoms with van der Waals surface area (Å²) in [6.07, 6.45) is 4.94. The number of aromatic carboxylic acids is 1. The van der Waals surface area contributed by atoms with Crippen LogP contribution in [0.25, 0.3) is 0 Å². The van der Waals surface area contributed by atoms with Crippen molar-refractivity contribution in [2.45, 2.75) is 31.6 Å². The summed E-state index contributed by atoms with van der Waals surface area (Å²) in [4.78, 5) is 28.9. The molecule has 0 unspecified atom stereocenters. The molecule has 1 aliphatic rings. The van der Waals surface area contributed by atoms with Crippen LogP contribution < -0.4 is 4.74 Å². The molecule has 1 fully saturated rings. The van der Waals surface area contributed by atoms with Crippen molar-refractivity contribution in [1.82, 2.24) is 14.5 Å². The lowest BCUT2D eigenvalue weighted by Gasteiger charge is -2.17. The quantitative estimate of drug-likeness (QED) is 0.764. The van der Waals surface area contributed by atoms with Crippen molar-refractivity contribution in [2.75, 3.05) is 13.1 Å². The minimum atomic E-state index is -1.04. The largest absolute Gasteiger partial charge is 0.486 e. The van der Waals surface area contributed by atoms with Crippen molar-refractivity contribution in [3.8, 4) is 5.75 Å². The number of carboxylic acid groups (broad SMARTS) is 1. The Morgan fingerprint density at radius 1 is 1.31 bits per heavy atom. The van der Waals surface area contributed by atoms with Gasteiger partial charge in [0.2, 0.25) is 5.91 Å². The van der Waals surface area contributed by atoms with Gasteiger partial charge in [0.1, 0.15) is 18.0 Å². The molecule has 1 aliphatic heterocycles. The van der Waals surface area contributed by atoms with Crippen molar-refractivity contribution in [2.24, 2.45) is 0 Å². The number of hydrogen-bond donors (Lipinski definition) is 2. The number of carboxylic acids is 1. The van der Waals surface area contributed by atoms with Crippen LogP contribution in [0.4, 0.5) is 0 Å². The molecule has 2 N–H and O–H groups in total. The van der Waals surface area contributed by atoms with Gasteiger partial charge in [-0.15, -0.1) is 0 Å². The van der Waals surface area contributed by atoms with Crippen LogP contribution in [-0.4, -0.2) is 61.8 Å². The van der Waals surface area contributed by atoms with Gasteiger partial charge in [0.25, 0.3) is 0 Å². The molecule has 0 bridgehead atoms. The van der Waals surface area contributed by atoms with E-state index in [2.05, 4.69) is 4.98 Å². The molecule has 1 aromatic heterocycles. The highest BCUT2D eigenvalue weighted by Gasteiger charge is 2.35. The second-order valence-electron chi connectivity index (χ2n) is 6.26. The van der Waals surface area contributed by atoms with Crippen molar-refractivity contribution in [1.29, 1.82) is 0 Å². The molecule has 1 amide bonds. The molecule has 3 rings (SSSR count). The SMILES string of the molecule is O=C(O)c1cccc(O[C@@H]2CN(C(=O)CCCn3ccnc3)C[C@H]2O)c1. The molecule has 8 heteroatoms. The molecule has 0 spiro atoms. The maximum absolute atomic E-state index is 12.3. The number of carbonyl (C=O) groups excluding carboxylic acids is 1. The van der Waals surface area contributed by atoms with Gasteiger partial charge >= 0.3 is 5.97 Å². The van der Waals surface area contributed by atoms with Crippen LogP contribution >= 0.6 is 0 Å². The van der Waals surface area contributed by atoms with Crippen molar-refractivity contribution in [3.05, 3.63) is 48.5 Å². The highest BCUT2D eigenvalue weighted by molar-refractivity contribution is 5.88. The first-order valence-corrected chi connectivity index (χ1v) is 8.44. The Kier molecular flexibility index (Phi) is 5.52. The Bertz CT molecular complexity index is 762. The topological polar surface area (TPSA) is 105 Å². The summed E-state index contributed by atoms with van der Waals surface area (Å²) >= 11 is 0. The maximum Gasteiger partial charge on any atom is 0.335 e. The van der Waals surface area contributed by atoms with E-state index in [9.17, 15) is 14.7 Å². The third kappa shape index (κ3) is 4.40. The van der Waals surface area contributed by atoms with Gasteiger partial charge in [-0.05, 0) is 24.6 Å². The zero-order chi connectivity index (χ0) is 18.5. The van der Waals surface area contributed by atoms with E-state index in [4.69, 9.17) is 9.84 Å². The van der Waals surface area contributed by atoms with E-state index >= 15 is 0 Å². The normalized spacial score (nSPS) is 19.5. The smallest absolute Gasteiger partial charge is 0.335 e. The Morgan fingerprint density at radius 3 is 2.88 bits per heavy atom. The Hall–Kier alpha value is -2.87. The second-order valence-corrected chi connectivity index (χ2v) is 6.26. The third-order valence-corrected chi connectivity index (χ3v) is 4.32. The van der Waals surface area contributed by atoms with E-state index < -0.39 is 18.2 Å². The molecule has 2 atom stereocenters. The molecule has 0 radical (unpaired) electrons. The average molecular weight is 359 g/mol. The lowest BCUT2D eigenvalue weighted by molar-refractivity contribution is -0.130. The van der Waals surface area contributed by atoms with Crippen LogP contribution in [0, 0.1) is 0 Å². The lowest BCUT2D eigenvalue weighted by Crippen LogP contribution is -2.31. The number of likely N-dealkylation sites (tertiary alicyclic amines) is 1. The molecule has 26 heavy (non-hydrogen) atoms. The summed E-state index contributed by atoms with van der Waals surface area (Å²) in [6.45, 7) is 1.21. The zero-order valence-electron chi connectivity index (χ0n) is 14.2. The van der Waals surface area contributed by atoms with E-state index in [0.29, 0.717) is 25.1 Å². The molecule has 0 aliphatic carbocycles. The molecule has 2 heterocycles. The molecule has 1 saturated heterocycles. The number of hydrogen-bond acceptors (Lipinski definition) is 5. The molecular formula is C18H21N3O5. The first-order valence-electron chi connectivity index (χ1n) is 8.44. The molecule has 1 aromatic carbocycles. The molecule has 138 valence electrons. The van der Waals surface area contributed by atoms with Crippen LogP contribution in [0.1, 0.15) is 23.2 Å². The Labute approximate surface area is 150 Å². The number of benzene rings is 1. The monoisotopic (exact) mass is 359 g/mol. The van der Waals surface area contributed by atoms with Crippen LogP contribution in [0.2, 0.25) is 0 Å². The highest BCUT2D eigenvalue weighted by atomic mass is 16.5.